The highest BCUT2D eigenvalue weighted by Crippen LogP contribution is 2.25. The summed E-state index contributed by atoms with van der Waals surface area (Å²) in [7, 11) is 0. The van der Waals surface area contributed by atoms with E-state index < -0.39 is 0 Å². The number of carbonyl (C=O) groups is 1. The molecule has 152 valence electrons. The van der Waals surface area contributed by atoms with Crippen LogP contribution in [0.2, 0.25) is 0 Å². The van der Waals surface area contributed by atoms with Crippen molar-refractivity contribution in [3.05, 3.63) is 97.5 Å². The van der Waals surface area contributed by atoms with Gasteiger partial charge in [-0.05, 0) is 54.5 Å². The lowest BCUT2D eigenvalue weighted by atomic mass is 10.1. The summed E-state index contributed by atoms with van der Waals surface area (Å²) < 4.78 is 2.26. The number of thiazole rings is 1. The molecule has 0 aliphatic carbocycles. The maximum atomic E-state index is 13.0. The number of H-pyrrole nitrogens is 1. The molecule has 5 rings (SSSR count). The molecule has 0 radical (unpaired) electrons. The Kier molecular flexibility index (Phi) is 4.77. The molecular formula is C24H17N3O2S2. The smallest absolute Gasteiger partial charge is 0.269 e. The molecule has 0 aliphatic heterocycles. The molecule has 1 amide bonds. The zero-order chi connectivity index (χ0) is 21.5. The third kappa shape index (κ3) is 3.48. The Morgan fingerprint density at radius 3 is 2.45 bits per heavy atom. The quantitative estimate of drug-likeness (QED) is 0.346. The molecular weight excluding hydrogens is 426 g/mol. The van der Waals surface area contributed by atoms with Crippen molar-refractivity contribution in [2.24, 2.45) is 0 Å². The van der Waals surface area contributed by atoms with Crippen molar-refractivity contribution in [2.75, 3.05) is 5.32 Å². The van der Waals surface area contributed by atoms with Gasteiger partial charge in [-0.3, -0.25) is 14.0 Å². The summed E-state index contributed by atoms with van der Waals surface area (Å²) in [5.74, 6) is -0.312. The highest BCUT2D eigenvalue weighted by Gasteiger charge is 2.18. The van der Waals surface area contributed by atoms with Gasteiger partial charge in [0.15, 0.2) is 3.95 Å². The molecule has 0 aliphatic rings. The number of hydrogen-bond donors (Lipinski definition) is 2. The van der Waals surface area contributed by atoms with Crippen LogP contribution in [0.4, 0.5) is 5.69 Å². The number of fused-ring (bicyclic) bond motifs is 3. The molecule has 31 heavy (non-hydrogen) atoms. The van der Waals surface area contributed by atoms with Gasteiger partial charge < -0.3 is 10.3 Å². The van der Waals surface area contributed by atoms with Crippen LogP contribution in [0.5, 0.6) is 0 Å². The summed E-state index contributed by atoms with van der Waals surface area (Å²) in [4.78, 5) is 28.9. The predicted molar refractivity (Wildman–Crippen MR) is 129 cm³/mol. The van der Waals surface area contributed by atoms with E-state index in [1.54, 1.807) is 4.40 Å². The summed E-state index contributed by atoms with van der Waals surface area (Å²) in [6.45, 7) is 1.93. The van der Waals surface area contributed by atoms with Crippen LogP contribution in [0.1, 0.15) is 15.2 Å². The lowest BCUT2D eigenvalue weighted by molar-refractivity contribution is 0.103. The van der Waals surface area contributed by atoms with Crippen LogP contribution in [0.25, 0.3) is 27.7 Å². The minimum atomic E-state index is -0.312. The SMILES string of the molecule is Cc1ccc2c(c1)c(=O)[nH]c1c(C(=O)Nc3ccc(-c4ccccc4)cc3)sc(=S)n12. The number of benzene rings is 3. The van der Waals surface area contributed by atoms with Crippen molar-refractivity contribution >= 4 is 51.7 Å². The van der Waals surface area contributed by atoms with E-state index in [9.17, 15) is 9.59 Å². The molecule has 2 heterocycles. The van der Waals surface area contributed by atoms with Crippen molar-refractivity contribution in [3.63, 3.8) is 0 Å². The average Bonchev–Trinajstić information content (AvgIpc) is 3.11. The number of nitrogens with one attached hydrogen (secondary N) is 2. The van der Waals surface area contributed by atoms with Crippen LogP contribution in [0.3, 0.4) is 0 Å². The molecule has 5 aromatic rings. The Balaban J connectivity index is 1.52. The van der Waals surface area contributed by atoms with Crippen LogP contribution < -0.4 is 10.9 Å². The molecule has 0 saturated carbocycles. The minimum absolute atomic E-state index is 0.243. The second kappa shape index (κ2) is 7.61. The Hall–Kier alpha value is -3.55. The number of hydrogen-bond acceptors (Lipinski definition) is 4. The molecule has 0 atom stereocenters. The second-order valence-electron chi connectivity index (χ2n) is 7.25. The van der Waals surface area contributed by atoms with Gasteiger partial charge in [0, 0.05) is 5.69 Å². The number of amides is 1. The van der Waals surface area contributed by atoms with Crippen LogP contribution in [-0.2, 0) is 0 Å². The van der Waals surface area contributed by atoms with E-state index in [1.807, 2.05) is 79.7 Å². The summed E-state index contributed by atoms with van der Waals surface area (Å²) in [6.07, 6.45) is 0. The number of nitrogens with zero attached hydrogens (tertiary/aromatic N) is 1. The molecule has 7 heteroatoms. The third-order valence-electron chi connectivity index (χ3n) is 5.14. The first kappa shape index (κ1) is 19.4. The van der Waals surface area contributed by atoms with Crippen LogP contribution in [0.15, 0.2) is 77.6 Å². The molecule has 0 fully saturated rings. The average molecular weight is 444 g/mol. The van der Waals surface area contributed by atoms with Gasteiger partial charge in [-0.25, -0.2) is 0 Å². The number of carbonyl (C=O) groups excluding carboxylic acids is 1. The zero-order valence-electron chi connectivity index (χ0n) is 16.5. The summed E-state index contributed by atoms with van der Waals surface area (Å²) in [5.41, 5.74) is 4.68. The van der Waals surface area contributed by atoms with Gasteiger partial charge >= 0.3 is 0 Å². The Bertz CT molecular complexity index is 1560. The first-order valence-corrected chi connectivity index (χ1v) is 10.9. The molecule has 0 unspecified atom stereocenters. The lowest BCUT2D eigenvalue weighted by Gasteiger charge is -2.07. The van der Waals surface area contributed by atoms with Crippen molar-refractivity contribution in [3.8, 4) is 11.1 Å². The van der Waals surface area contributed by atoms with Gasteiger partial charge in [0.05, 0.1) is 10.9 Å². The number of aromatic nitrogens is 2. The predicted octanol–water partition coefficient (Wildman–Crippen LogP) is 5.80. The summed E-state index contributed by atoms with van der Waals surface area (Å²) >= 11 is 6.69. The summed E-state index contributed by atoms with van der Waals surface area (Å²) in [5, 5.41) is 3.45. The van der Waals surface area contributed by atoms with E-state index in [0.717, 1.165) is 16.7 Å². The maximum absolute atomic E-state index is 13.0. The van der Waals surface area contributed by atoms with Crippen LogP contribution >= 0.6 is 23.6 Å². The van der Waals surface area contributed by atoms with Crippen molar-refractivity contribution < 1.29 is 4.79 Å². The van der Waals surface area contributed by atoms with Gasteiger partial charge in [-0.2, -0.15) is 0 Å². The van der Waals surface area contributed by atoms with Crippen molar-refractivity contribution in [1.29, 1.82) is 0 Å². The van der Waals surface area contributed by atoms with E-state index in [-0.39, 0.29) is 11.5 Å². The van der Waals surface area contributed by atoms with Gasteiger partial charge in [-0.1, -0.05) is 65.4 Å². The molecule has 3 aromatic carbocycles. The van der Waals surface area contributed by atoms with Crippen molar-refractivity contribution in [1.82, 2.24) is 9.38 Å². The molecule has 2 aromatic heterocycles. The maximum Gasteiger partial charge on any atom is 0.269 e. The fourth-order valence-corrected chi connectivity index (χ4v) is 4.90. The number of anilines is 1. The number of rotatable bonds is 3. The second-order valence-corrected chi connectivity index (χ2v) is 8.90. The van der Waals surface area contributed by atoms with Crippen LogP contribution in [0, 0.1) is 10.9 Å². The normalized spacial score (nSPS) is 11.1. The van der Waals surface area contributed by atoms with Gasteiger partial charge in [0.2, 0.25) is 0 Å². The van der Waals surface area contributed by atoms with E-state index >= 15 is 0 Å². The molecule has 2 N–H and O–H groups in total. The first-order chi connectivity index (χ1) is 15.0. The van der Waals surface area contributed by atoms with Crippen LogP contribution in [-0.4, -0.2) is 15.3 Å². The zero-order valence-corrected chi connectivity index (χ0v) is 18.1. The highest BCUT2D eigenvalue weighted by atomic mass is 32.1. The topological polar surface area (TPSA) is 66.4 Å². The first-order valence-electron chi connectivity index (χ1n) is 9.66. The molecule has 0 saturated heterocycles. The number of aromatic amines is 1. The molecule has 0 spiro atoms. The van der Waals surface area contributed by atoms with Gasteiger partial charge in [0.25, 0.3) is 11.5 Å². The third-order valence-corrected chi connectivity index (χ3v) is 6.51. The largest absolute Gasteiger partial charge is 0.321 e. The van der Waals surface area contributed by atoms with E-state index in [4.69, 9.17) is 12.2 Å². The molecule has 5 nitrogen and oxygen atoms in total. The fraction of sp³-hybridized carbons (Fsp3) is 0.0417. The lowest BCUT2D eigenvalue weighted by Crippen LogP contribution is -2.15. The Morgan fingerprint density at radius 1 is 1.00 bits per heavy atom. The Labute approximate surface area is 186 Å². The van der Waals surface area contributed by atoms with Gasteiger partial charge in [0.1, 0.15) is 10.5 Å². The monoisotopic (exact) mass is 443 g/mol. The fourth-order valence-electron chi connectivity index (χ4n) is 3.63. The Morgan fingerprint density at radius 2 is 1.71 bits per heavy atom. The van der Waals surface area contributed by atoms with Gasteiger partial charge in [-0.15, -0.1) is 0 Å². The molecule has 0 bridgehead atoms. The van der Waals surface area contributed by atoms with E-state index in [2.05, 4.69) is 10.3 Å². The highest BCUT2D eigenvalue weighted by molar-refractivity contribution is 7.73. The minimum Gasteiger partial charge on any atom is -0.321 e. The van der Waals surface area contributed by atoms with E-state index in [1.165, 1.54) is 11.3 Å². The van der Waals surface area contributed by atoms with E-state index in [0.29, 0.717) is 31.1 Å². The summed E-state index contributed by atoms with van der Waals surface area (Å²) in [6, 6.07) is 23.3. The number of aryl methyl sites for hydroxylation is 1. The van der Waals surface area contributed by atoms with Crippen molar-refractivity contribution in [2.45, 2.75) is 6.92 Å². The standard InChI is InChI=1S/C24H17N3O2S2/c1-14-7-12-19-18(13-14)22(28)26-21-20(31-24(30)27(19)21)23(29)25-17-10-8-16(9-11-17)15-5-3-2-4-6-15/h2-13H,1H3,(H,25,29)(H,26,28).